The van der Waals surface area contributed by atoms with Gasteiger partial charge in [-0.25, -0.2) is 0 Å². The SMILES string of the molecule is CC(C)(C)C[C@@H]1N[C@@H](C(=O)NC[C@H](O)CO)[C@H](c2cccc(Cl)c2)[C@@]1(C#N)c1ccc(Cl)cc1. The third-order valence-electron chi connectivity index (χ3n) is 6.29. The predicted octanol–water partition coefficient (Wildman–Crippen LogP) is 3.78. The van der Waals surface area contributed by atoms with Crippen molar-refractivity contribution in [2.75, 3.05) is 13.2 Å². The predicted molar refractivity (Wildman–Crippen MR) is 134 cm³/mol. The van der Waals surface area contributed by atoms with E-state index >= 15 is 0 Å². The Hall–Kier alpha value is -2.14. The molecule has 0 unspecified atom stereocenters. The van der Waals surface area contributed by atoms with Gasteiger partial charge in [0.15, 0.2) is 0 Å². The first-order valence-electron chi connectivity index (χ1n) is 11.3. The van der Waals surface area contributed by atoms with Crippen LogP contribution in [0.3, 0.4) is 0 Å². The van der Waals surface area contributed by atoms with Gasteiger partial charge in [0.05, 0.1) is 24.8 Å². The second kappa shape index (κ2) is 10.6. The Bertz CT molecular complexity index is 1050. The van der Waals surface area contributed by atoms with Gasteiger partial charge in [-0.3, -0.25) is 4.79 Å². The fourth-order valence-corrected chi connectivity index (χ4v) is 5.17. The monoisotopic (exact) mass is 503 g/mol. The molecule has 1 heterocycles. The zero-order valence-corrected chi connectivity index (χ0v) is 21.1. The molecule has 1 saturated heterocycles. The molecular formula is C26H31Cl2N3O3. The number of nitrogens with one attached hydrogen (secondary N) is 2. The molecule has 3 rings (SSSR count). The van der Waals surface area contributed by atoms with E-state index in [1.807, 2.05) is 24.3 Å². The number of carbonyl (C=O) groups is 1. The largest absolute Gasteiger partial charge is 0.394 e. The number of rotatable bonds is 7. The molecule has 4 N–H and O–H groups in total. The standard InChI is InChI=1S/C26H31Cl2N3O3/c1-25(2,3)12-21-26(15-29,17-7-9-18(27)10-8-17)22(16-5-4-6-19(28)11-16)23(31-21)24(34)30-13-20(33)14-32/h4-11,20-23,31-33H,12-14H2,1-3H3,(H,30,34)/t20-,21-,22-,23+,26-/m0/s1. The molecule has 0 radical (unpaired) electrons. The number of nitriles is 1. The lowest BCUT2D eigenvalue weighted by Crippen LogP contribution is -2.47. The van der Waals surface area contributed by atoms with Crippen molar-refractivity contribution in [3.63, 3.8) is 0 Å². The molecule has 8 heteroatoms. The zero-order valence-electron chi connectivity index (χ0n) is 19.6. The summed E-state index contributed by atoms with van der Waals surface area (Å²) in [4.78, 5) is 13.4. The third kappa shape index (κ3) is 5.56. The molecule has 0 spiro atoms. The molecule has 5 atom stereocenters. The summed E-state index contributed by atoms with van der Waals surface area (Å²) in [5.74, 6) is -0.932. The van der Waals surface area contributed by atoms with E-state index in [2.05, 4.69) is 37.5 Å². The molecule has 0 saturated carbocycles. The van der Waals surface area contributed by atoms with Gasteiger partial charge in [0, 0.05) is 28.5 Å². The number of amides is 1. The van der Waals surface area contributed by atoms with Crippen molar-refractivity contribution in [1.29, 1.82) is 5.26 Å². The van der Waals surface area contributed by atoms with Gasteiger partial charge in [0.2, 0.25) is 5.91 Å². The summed E-state index contributed by atoms with van der Waals surface area (Å²) < 4.78 is 0. The lowest BCUT2D eigenvalue weighted by Gasteiger charge is -2.37. The number of aliphatic hydroxyl groups is 2. The van der Waals surface area contributed by atoms with Gasteiger partial charge < -0.3 is 20.8 Å². The first-order chi connectivity index (χ1) is 16.0. The number of hydrogen-bond donors (Lipinski definition) is 4. The van der Waals surface area contributed by atoms with Crippen molar-refractivity contribution in [2.45, 2.75) is 56.7 Å². The first kappa shape index (κ1) is 26.5. The number of benzene rings is 2. The highest BCUT2D eigenvalue weighted by Crippen LogP contribution is 2.51. The minimum atomic E-state index is -1.10. The van der Waals surface area contributed by atoms with Crippen molar-refractivity contribution < 1.29 is 15.0 Å². The number of carbonyl (C=O) groups excluding carboxylic acids is 1. The summed E-state index contributed by atoms with van der Waals surface area (Å²) >= 11 is 12.5. The van der Waals surface area contributed by atoms with Crippen LogP contribution in [0.5, 0.6) is 0 Å². The minimum Gasteiger partial charge on any atom is -0.394 e. The van der Waals surface area contributed by atoms with Crippen molar-refractivity contribution in [1.82, 2.24) is 10.6 Å². The van der Waals surface area contributed by atoms with Crippen molar-refractivity contribution in [3.8, 4) is 6.07 Å². The molecule has 1 aliphatic rings. The Kier molecular flexibility index (Phi) is 8.28. The van der Waals surface area contributed by atoms with Crippen LogP contribution in [0.1, 0.15) is 44.2 Å². The Labute approximate surface area is 210 Å². The smallest absolute Gasteiger partial charge is 0.237 e. The van der Waals surface area contributed by atoms with E-state index in [4.69, 9.17) is 28.3 Å². The Morgan fingerprint density at radius 3 is 2.44 bits per heavy atom. The molecule has 34 heavy (non-hydrogen) atoms. The summed E-state index contributed by atoms with van der Waals surface area (Å²) in [6, 6.07) is 15.9. The van der Waals surface area contributed by atoms with Gasteiger partial charge in [0.1, 0.15) is 5.41 Å². The maximum atomic E-state index is 13.4. The highest BCUT2D eigenvalue weighted by molar-refractivity contribution is 6.30. The van der Waals surface area contributed by atoms with Crippen molar-refractivity contribution in [3.05, 3.63) is 69.7 Å². The third-order valence-corrected chi connectivity index (χ3v) is 6.78. The Morgan fingerprint density at radius 2 is 1.88 bits per heavy atom. The van der Waals surface area contributed by atoms with Crippen LogP contribution < -0.4 is 10.6 Å². The molecule has 0 aliphatic carbocycles. The van der Waals surface area contributed by atoms with Gasteiger partial charge in [-0.2, -0.15) is 5.26 Å². The fraction of sp³-hybridized carbons (Fsp3) is 0.462. The van der Waals surface area contributed by atoms with Crippen LogP contribution in [0.4, 0.5) is 0 Å². The lowest BCUT2D eigenvalue weighted by atomic mass is 9.63. The summed E-state index contributed by atoms with van der Waals surface area (Å²) in [5.41, 5.74) is 0.288. The molecule has 6 nitrogen and oxygen atoms in total. The molecule has 1 aliphatic heterocycles. The molecular weight excluding hydrogens is 473 g/mol. The average Bonchev–Trinajstić information content (AvgIpc) is 3.11. The van der Waals surface area contributed by atoms with Crippen molar-refractivity contribution >= 4 is 29.1 Å². The van der Waals surface area contributed by atoms with Crippen LogP contribution in [-0.2, 0) is 10.2 Å². The minimum absolute atomic E-state index is 0.0970. The summed E-state index contributed by atoms with van der Waals surface area (Å²) in [6.45, 7) is 5.73. The van der Waals surface area contributed by atoms with Crippen LogP contribution in [0.25, 0.3) is 0 Å². The maximum Gasteiger partial charge on any atom is 0.237 e. The summed E-state index contributed by atoms with van der Waals surface area (Å²) in [7, 11) is 0. The first-order valence-corrected chi connectivity index (χ1v) is 12.0. The molecule has 182 valence electrons. The quantitative estimate of drug-likeness (QED) is 0.460. The fourth-order valence-electron chi connectivity index (χ4n) is 4.85. The number of nitrogens with zero attached hydrogens (tertiary/aromatic N) is 1. The highest BCUT2D eigenvalue weighted by Gasteiger charge is 2.59. The van der Waals surface area contributed by atoms with Gasteiger partial charge in [-0.15, -0.1) is 0 Å². The van der Waals surface area contributed by atoms with E-state index in [1.54, 1.807) is 24.3 Å². The number of hydrogen-bond acceptors (Lipinski definition) is 5. The normalized spacial score (nSPS) is 25.5. The van der Waals surface area contributed by atoms with E-state index in [0.29, 0.717) is 16.5 Å². The van der Waals surface area contributed by atoms with Crippen LogP contribution >= 0.6 is 23.2 Å². The Morgan fingerprint density at radius 1 is 1.21 bits per heavy atom. The summed E-state index contributed by atoms with van der Waals surface area (Å²) in [6.07, 6.45) is -0.444. The zero-order chi connectivity index (χ0) is 25.1. The lowest BCUT2D eigenvalue weighted by molar-refractivity contribution is -0.123. The number of halogens is 2. The molecule has 1 amide bonds. The second-order valence-electron chi connectivity index (χ2n) is 10.1. The molecule has 0 aromatic heterocycles. The number of aliphatic hydroxyl groups excluding tert-OH is 2. The van der Waals surface area contributed by atoms with Crippen molar-refractivity contribution in [2.24, 2.45) is 5.41 Å². The van der Waals surface area contributed by atoms with Gasteiger partial charge in [-0.1, -0.05) is 68.2 Å². The molecule has 1 fully saturated rings. The average molecular weight is 504 g/mol. The maximum absolute atomic E-state index is 13.4. The van der Waals surface area contributed by atoms with Gasteiger partial charge >= 0.3 is 0 Å². The van der Waals surface area contributed by atoms with Crippen LogP contribution in [0.15, 0.2) is 48.5 Å². The topological polar surface area (TPSA) is 105 Å². The van der Waals surface area contributed by atoms with Gasteiger partial charge in [0.25, 0.3) is 0 Å². The molecule has 2 aromatic carbocycles. The van der Waals surface area contributed by atoms with Crippen LogP contribution in [-0.4, -0.2) is 47.5 Å². The van der Waals surface area contributed by atoms with E-state index in [-0.39, 0.29) is 23.9 Å². The molecule has 2 aromatic rings. The summed E-state index contributed by atoms with van der Waals surface area (Å²) in [5, 5.41) is 37.0. The van der Waals surface area contributed by atoms with E-state index in [9.17, 15) is 15.2 Å². The van der Waals surface area contributed by atoms with E-state index in [1.165, 1.54) is 0 Å². The van der Waals surface area contributed by atoms with E-state index < -0.39 is 30.1 Å². The molecule has 0 bridgehead atoms. The van der Waals surface area contributed by atoms with E-state index in [0.717, 1.165) is 11.1 Å². The Balaban J connectivity index is 2.19. The van der Waals surface area contributed by atoms with Gasteiger partial charge in [-0.05, 0) is 47.2 Å². The van der Waals surface area contributed by atoms with Crippen LogP contribution in [0.2, 0.25) is 10.0 Å². The highest BCUT2D eigenvalue weighted by atomic mass is 35.5. The van der Waals surface area contributed by atoms with Crippen LogP contribution in [0, 0.1) is 16.7 Å². The second-order valence-corrected chi connectivity index (χ2v) is 10.9.